The van der Waals surface area contributed by atoms with Crippen LogP contribution in [0.25, 0.3) is 16.9 Å². The molecule has 0 amide bonds. The molecule has 0 N–H and O–H groups in total. The van der Waals surface area contributed by atoms with Crippen LogP contribution in [0, 0.1) is 12.7 Å². The summed E-state index contributed by atoms with van der Waals surface area (Å²) in [6.45, 7) is 1.92. The van der Waals surface area contributed by atoms with Crippen molar-refractivity contribution in [3.63, 3.8) is 0 Å². The molecule has 1 aliphatic carbocycles. The lowest BCUT2D eigenvalue weighted by Crippen LogP contribution is -2.23. The van der Waals surface area contributed by atoms with Gasteiger partial charge in [-0.2, -0.15) is 0 Å². The Morgan fingerprint density at radius 1 is 0.971 bits per heavy atom. The normalized spacial score (nSPS) is 15.6. The number of thiazole rings is 1. The molecule has 7 heteroatoms. The third-order valence-corrected chi connectivity index (χ3v) is 7.65. The first kappa shape index (κ1) is 22.6. The predicted octanol–water partition coefficient (Wildman–Crippen LogP) is 6.28. The lowest BCUT2D eigenvalue weighted by Gasteiger charge is -2.20. The fraction of sp³-hybridized carbons (Fsp3) is 0.333. The zero-order valence-corrected chi connectivity index (χ0v) is 20.4. The lowest BCUT2D eigenvalue weighted by atomic mass is 10.1. The third kappa shape index (κ3) is 4.09. The molecular formula is C27H29FN4OS. The smallest absolute Gasteiger partial charge is 0.297 e. The highest BCUT2D eigenvalue weighted by atomic mass is 32.1. The van der Waals surface area contributed by atoms with Gasteiger partial charge in [0, 0.05) is 24.0 Å². The minimum atomic E-state index is -0.239. The first-order chi connectivity index (χ1) is 16.6. The highest BCUT2D eigenvalue weighted by molar-refractivity contribution is 7.07. The van der Waals surface area contributed by atoms with Crippen LogP contribution in [0.5, 0.6) is 0 Å². The number of halogens is 1. The minimum absolute atomic E-state index is 0.153. The molecule has 0 bridgehead atoms. The van der Waals surface area contributed by atoms with E-state index in [9.17, 15) is 9.18 Å². The van der Waals surface area contributed by atoms with Crippen molar-refractivity contribution >= 4 is 17.0 Å². The van der Waals surface area contributed by atoms with E-state index in [0.717, 1.165) is 47.6 Å². The van der Waals surface area contributed by atoms with Crippen molar-refractivity contribution in [1.29, 1.82) is 0 Å². The molecule has 4 aromatic rings. The number of hydrogen-bond acceptors (Lipinski definition) is 3. The molecule has 34 heavy (non-hydrogen) atoms. The summed E-state index contributed by atoms with van der Waals surface area (Å²) >= 11 is 1.48. The Balaban J connectivity index is 1.72. The SMILES string of the molecule is Cc1c(N=c2scc(-c3ccccc3F)n2C2CCCCCC2)c(=O)n(-c2ccccc2)n1C. The molecule has 1 aliphatic rings. The van der Waals surface area contributed by atoms with Gasteiger partial charge in [0.2, 0.25) is 0 Å². The van der Waals surface area contributed by atoms with E-state index < -0.39 is 0 Å². The molecule has 1 saturated carbocycles. The van der Waals surface area contributed by atoms with Gasteiger partial charge in [0.05, 0.1) is 17.1 Å². The van der Waals surface area contributed by atoms with Crippen molar-refractivity contribution in [1.82, 2.24) is 13.9 Å². The topological polar surface area (TPSA) is 44.2 Å². The van der Waals surface area contributed by atoms with Crippen LogP contribution >= 0.6 is 11.3 Å². The second-order valence-corrected chi connectivity index (χ2v) is 9.76. The average Bonchev–Trinajstić information content (AvgIpc) is 3.19. The van der Waals surface area contributed by atoms with Gasteiger partial charge in [-0.1, -0.05) is 56.0 Å². The molecule has 2 heterocycles. The summed E-state index contributed by atoms with van der Waals surface area (Å²) < 4.78 is 20.5. The summed E-state index contributed by atoms with van der Waals surface area (Å²) in [4.78, 5) is 19.2. The summed E-state index contributed by atoms with van der Waals surface area (Å²) in [7, 11) is 1.88. The van der Waals surface area contributed by atoms with Crippen LogP contribution in [-0.2, 0) is 7.05 Å². The number of para-hydroxylation sites is 1. The van der Waals surface area contributed by atoms with Gasteiger partial charge in [0.25, 0.3) is 5.56 Å². The van der Waals surface area contributed by atoms with E-state index in [1.807, 2.05) is 66.5 Å². The Morgan fingerprint density at radius 3 is 2.35 bits per heavy atom. The van der Waals surface area contributed by atoms with Gasteiger partial charge in [-0.15, -0.1) is 11.3 Å². The van der Waals surface area contributed by atoms with E-state index in [1.54, 1.807) is 10.7 Å². The predicted molar refractivity (Wildman–Crippen MR) is 135 cm³/mol. The first-order valence-corrected chi connectivity index (χ1v) is 12.8. The summed E-state index contributed by atoms with van der Waals surface area (Å²) in [6.07, 6.45) is 6.81. The van der Waals surface area contributed by atoms with E-state index in [4.69, 9.17) is 4.99 Å². The van der Waals surface area contributed by atoms with Crippen LogP contribution in [0.1, 0.15) is 50.3 Å². The van der Waals surface area contributed by atoms with Crippen LogP contribution in [-0.4, -0.2) is 13.9 Å². The van der Waals surface area contributed by atoms with Gasteiger partial charge in [0.1, 0.15) is 5.82 Å². The lowest BCUT2D eigenvalue weighted by molar-refractivity contribution is 0.438. The molecule has 0 unspecified atom stereocenters. The minimum Gasteiger partial charge on any atom is -0.313 e. The third-order valence-electron chi connectivity index (χ3n) is 6.81. The number of benzene rings is 2. The quantitative estimate of drug-likeness (QED) is 0.320. The Kier molecular flexibility index (Phi) is 6.37. The number of hydrogen-bond donors (Lipinski definition) is 0. The number of rotatable bonds is 4. The summed E-state index contributed by atoms with van der Waals surface area (Å²) in [5, 5.41) is 1.98. The second kappa shape index (κ2) is 9.58. The first-order valence-electron chi connectivity index (χ1n) is 11.9. The molecule has 5 rings (SSSR count). The van der Waals surface area contributed by atoms with E-state index >= 15 is 0 Å². The maximum absolute atomic E-state index is 14.8. The maximum Gasteiger partial charge on any atom is 0.297 e. The van der Waals surface area contributed by atoms with Gasteiger partial charge in [0.15, 0.2) is 10.5 Å². The molecule has 0 aliphatic heterocycles. The van der Waals surface area contributed by atoms with Crippen LogP contribution in [0.4, 0.5) is 10.1 Å². The zero-order chi connectivity index (χ0) is 23.7. The monoisotopic (exact) mass is 476 g/mol. The molecular weight excluding hydrogens is 447 g/mol. The fourth-order valence-electron chi connectivity index (χ4n) is 4.92. The van der Waals surface area contributed by atoms with Crippen molar-refractivity contribution in [2.75, 3.05) is 0 Å². The Labute approximate surface area is 202 Å². The molecule has 0 radical (unpaired) electrons. The molecule has 1 fully saturated rings. The second-order valence-electron chi connectivity index (χ2n) is 8.92. The Morgan fingerprint density at radius 2 is 1.65 bits per heavy atom. The van der Waals surface area contributed by atoms with Gasteiger partial charge in [-0.05, 0) is 44.0 Å². The largest absolute Gasteiger partial charge is 0.313 e. The number of nitrogens with zero attached hydrogens (tertiary/aromatic N) is 4. The van der Waals surface area contributed by atoms with Crippen molar-refractivity contribution in [2.24, 2.45) is 12.0 Å². The standard InChI is InChI=1S/C27H29FN4OS/c1-19-25(26(33)32(30(19)2)21-14-8-5-9-15-21)29-27-31(20-12-6-3-4-7-13-20)24(18-34-27)22-16-10-11-17-23(22)28/h5,8-11,14-18,20H,3-4,6-7,12-13H2,1-2H3. The highest BCUT2D eigenvalue weighted by Gasteiger charge is 2.22. The summed E-state index contributed by atoms with van der Waals surface area (Å²) in [5.41, 5.74) is 3.29. The van der Waals surface area contributed by atoms with Crippen molar-refractivity contribution < 1.29 is 4.39 Å². The molecule has 5 nitrogen and oxygen atoms in total. The Hall–Kier alpha value is -3.19. The summed E-state index contributed by atoms with van der Waals surface area (Å²) in [5.74, 6) is -0.239. The summed E-state index contributed by atoms with van der Waals surface area (Å²) in [6, 6.07) is 16.7. The van der Waals surface area contributed by atoms with Gasteiger partial charge in [-0.25, -0.2) is 14.1 Å². The maximum atomic E-state index is 14.8. The average molecular weight is 477 g/mol. The molecule has 0 spiro atoms. The van der Waals surface area contributed by atoms with Crippen LogP contribution in [0.2, 0.25) is 0 Å². The van der Waals surface area contributed by atoms with Gasteiger partial charge < -0.3 is 4.57 Å². The van der Waals surface area contributed by atoms with Crippen molar-refractivity contribution in [3.05, 3.63) is 86.6 Å². The fourth-order valence-corrected chi connectivity index (χ4v) is 5.88. The highest BCUT2D eigenvalue weighted by Crippen LogP contribution is 2.33. The molecule has 176 valence electrons. The van der Waals surface area contributed by atoms with E-state index in [2.05, 4.69) is 4.57 Å². The van der Waals surface area contributed by atoms with E-state index in [-0.39, 0.29) is 17.4 Å². The van der Waals surface area contributed by atoms with Gasteiger partial charge >= 0.3 is 0 Å². The van der Waals surface area contributed by atoms with Gasteiger partial charge in [-0.3, -0.25) is 9.48 Å². The Bertz CT molecular complexity index is 1420. The van der Waals surface area contributed by atoms with Crippen LogP contribution in [0.3, 0.4) is 0 Å². The van der Waals surface area contributed by atoms with Crippen molar-refractivity contribution in [2.45, 2.75) is 51.5 Å². The molecule has 2 aromatic heterocycles. The molecule has 0 atom stereocenters. The zero-order valence-electron chi connectivity index (χ0n) is 19.6. The van der Waals surface area contributed by atoms with Crippen molar-refractivity contribution in [3.8, 4) is 16.9 Å². The van der Waals surface area contributed by atoms with E-state index in [1.165, 1.54) is 30.2 Å². The molecule has 0 saturated heterocycles. The molecule has 2 aromatic carbocycles. The van der Waals surface area contributed by atoms with Crippen LogP contribution in [0.15, 0.2) is 69.8 Å². The number of aromatic nitrogens is 3. The van der Waals surface area contributed by atoms with E-state index in [0.29, 0.717) is 11.3 Å². The van der Waals surface area contributed by atoms with Crippen LogP contribution < -0.4 is 10.4 Å².